The van der Waals surface area contributed by atoms with Crippen LogP contribution in [0.5, 0.6) is 5.75 Å². The van der Waals surface area contributed by atoms with Crippen LogP contribution in [0.3, 0.4) is 0 Å². The number of hydrogen-bond donors (Lipinski definition) is 1. The molecule has 160 valence electrons. The monoisotopic (exact) mass is 418 g/mol. The number of nitrogens with zero attached hydrogens (tertiary/aromatic N) is 1. The maximum absolute atomic E-state index is 13.4. The quantitative estimate of drug-likeness (QED) is 0.610. The van der Waals surface area contributed by atoms with Gasteiger partial charge in [-0.2, -0.15) is 0 Å². The molecule has 6 nitrogen and oxygen atoms in total. The average Bonchev–Trinajstić information content (AvgIpc) is 3.24. The normalized spacial score (nSPS) is 16.4. The van der Waals surface area contributed by atoms with Crippen LogP contribution in [0.2, 0.25) is 0 Å². The number of ether oxygens (including phenoxy) is 1. The van der Waals surface area contributed by atoms with Gasteiger partial charge in [0.25, 0.3) is 11.8 Å². The second-order valence-corrected chi connectivity index (χ2v) is 7.65. The fourth-order valence-electron chi connectivity index (χ4n) is 3.99. The predicted octanol–water partition coefficient (Wildman–Crippen LogP) is 5.30. The van der Waals surface area contributed by atoms with Crippen molar-refractivity contribution in [3.63, 3.8) is 0 Å². The Balaban J connectivity index is 1.50. The van der Waals surface area contributed by atoms with Crippen molar-refractivity contribution in [3.05, 3.63) is 83.8 Å². The van der Waals surface area contributed by atoms with Gasteiger partial charge in [0.15, 0.2) is 5.76 Å². The average molecular weight is 418 g/mol. The second-order valence-electron chi connectivity index (χ2n) is 7.65. The molecule has 0 bridgehead atoms. The van der Waals surface area contributed by atoms with Gasteiger partial charge in [0.1, 0.15) is 5.75 Å². The summed E-state index contributed by atoms with van der Waals surface area (Å²) in [5, 5.41) is 2.78. The lowest BCUT2D eigenvalue weighted by atomic mass is 10.00. The Morgan fingerprint density at radius 1 is 1.00 bits per heavy atom. The summed E-state index contributed by atoms with van der Waals surface area (Å²) in [4.78, 5) is 27.5. The Bertz CT molecular complexity index is 1010. The molecule has 0 aliphatic carbocycles. The highest BCUT2D eigenvalue weighted by Crippen LogP contribution is 2.32. The number of benzene rings is 2. The van der Waals surface area contributed by atoms with Crippen molar-refractivity contribution < 1.29 is 18.7 Å². The molecule has 6 heteroatoms. The van der Waals surface area contributed by atoms with Crippen LogP contribution < -0.4 is 10.1 Å². The Morgan fingerprint density at radius 2 is 1.77 bits per heavy atom. The smallest absolute Gasteiger partial charge is 0.291 e. The predicted molar refractivity (Wildman–Crippen MR) is 118 cm³/mol. The molecule has 1 saturated heterocycles. The number of carbonyl (C=O) groups excluding carboxylic acids is 2. The highest BCUT2D eigenvalue weighted by molar-refractivity contribution is 6.02. The lowest BCUT2D eigenvalue weighted by Crippen LogP contribution is -2.34. The van der Waals surface area contributed by atoms with E-state index in [0.29, 0.717) is 11.3 Å². The summed E-state index contributed by atoms with van der Waals surface area (Å²) in [6.07, 6.45) is 5.61. The lowest BCUT2D eigenvalue weighted by molar-refractivity contribution is 0.0681. The van der Waals surface area contributed by atoms with Crippen molar-refractivity contribution in [2.45, 2.75) is 31.7 Å². The van der Waals surface area contributed by atoms with E-state index in [0.717, 1.165) is 43.5 Å². The summed E-state index contributed by atoms with van der Waals surface area (Å²) in [5.41, 5.74) is 2.34. The number of amides is 2. The van der Waals surface area contributed by atoms with Crippen molar-refractivity contribution in [1.82, 2.24) is 4.90 Å². The molecule has 31 heavy (non-hydrogen) atoms. The van der Waals surface area contributed by atoms with Crippen molar-refractivity contribution in [1.29, 1.82) is 0 Å². The Hall–Kier alpha value is -3.54. The number of methoxy groups -OCH3 is 1. The summed E-state index contributed by atoms with van der Waals surface area (Å²) in [5.74, 6) is 0.734. The van der Waals surface area contributed by atoms with Gasteiger partial charge < -0.3 is 19.4 Å². The first-order valence-corrected chi connectivity index (χ1v) is 10.6. The van der Waals surface area contributed by atoms with Crippen molar-refractivity contribution >= 4 is 17.5 Å². The zero-order valence-electron chi connectivity index (χ0n) is 17.5. The van der Waals surface area contributed by atoms with Crippen LogP contribution in [-0.2, 0) is 0 Å². The van der Waals surface area contributed by atoms with Gasteiger partial charge in [-0.25, -0.2) is 0 Å². The molecule has 1 aromatic heterocycles. The minimum Gasteiger partial charge on any atom is -0.497 e. The first kappa shape index (κ1) is 20.7. The number of hydrogen-bond acceptors (Lipinski definition) is 4. The van der Waals surface area contributed by atoms with E-state index in [2.05, 4.69) is 5.32 Å². The molecular formula is C25H26N2O4. The molecule has 4 rings (SSSR count). The van der Waals surface area contributed by atoms with Crippen LogP contribution in [0, 0.1) is 0 Å². The summed E-state index contributed by atoms with van der Waals surface area (Å²) in [6.45, 7) is 0.729. The number of carbonyl (C=O) groups is 2. The van der Waals surface area contributed by atoms with E-state index in [4.69, 9.17) is 9.15 Å². The van der Waals surface area contributed by atoms with E-state index < -0.39 is 0 Å². The minimum atomic E-state index is -0.323. The summed E-state index contributed by atoms with van der Waals surface area (Å²) in [6, 6.07) is 18.3. The third-order valence-corrected chi connectivity index (χ3v) is 5.65. The topological polar surface area (TPSA) is 71.8 Å². The van der Waals surface area contributed by atoms with Gasteiger partial charge in [-0.15, -0.1) is 0 Å². The Labute approximate surface area is 181 Å². The lowest BCUT2D eigenvalue weighted by Gasteiger charge is -2.31. The van der Waals surface area contributed by atoms with Crippen molar-refractivity contribution in [3.8, 4) is 5.75 Å². The number of nitrogens with one attached hydrogen (secondary N) is 1. The third-order valence-electron chi connectivity index (χ3n) is 5.65. The molecule has 1 N–H and O–H groups in total. The van der Waals surface area contributed by atoms with Crippen LogP contribution in [-0.4, -0.2) is 30.4 Å². The SMILES string of the molecule is COc1ccc([C@@H]2CCCCCN2C(=O)c2ccc(NC(=O)c3ccco3)cc2)cc1. The minimum absolute atomic E-state index is 0.00614. The third kappa shape index (κ3) is 4.79. The number of rotatable bonds is 5. The molecule has 1 aliphatic heterocycles. The van der Waals surface area contributed by atoms with E-state index in [9.17, 15) is 9.59 Å². The number of furan rings is 1. The largest absolute Gasteiger partial charge is 0.497 e. The first-order valence-electron chi connectivity index (χ1n) is 10.6. The molecule has 1 atom stereocenters. The van der Waals surface area contributed by atoms with Crippen LogP contribution in [0.25, 0.3) is 0 Å². The molecule has 3 aromatic rings. The van der Waals surface area contributed by atoms with Gasteiger partial charge in [-0.1, -0.05) is 25.0 Å². The molecule has 1 fully saturated rings. The summed E-state index contributed by atoms with van der Waals surface area (Å²) >= 11 is 0. The highest BCUT2D eigenvalue weighted by atomic mass is 16.5. The molecule has 2 heterocycles. The van der Waals surface area contributed by atoms with Crippen molar-refractivity contribution in [2.75, 3.05) is 19.0 Å². The Kier molecular flexibility index (Phi) is 6.36. The molecule has 0 unspecified atom stereocenters. The van der Waals surface area contributed by atoms with Crippen LogP contribution >= 0.6 is 0 Å². The highest BCUT2D eigenvalue weighted by Gasteiger charge is 2.27. The summed E-state index contributed by atoms with van der Waals surface area (Å²) in [7, 11) is 1.65. The molecule has 0 radical (unpaired) electrons. The zero-order chi connectivity index (χ0) is 21.6. The molecule has 0 spiro atoms. The van der Waals surface area contributed by atoms with Crippen molar-refractivity contribution in [2.24, 2.45) is 0 Å². The van der Waals surface area contributed by atoms with Gasteiger partial charge in [-0.3, -0.25) is 9.59 Å². The molecule has 0 saturated carbocycles. The van der Waals surface area contributed by atoms with E-state index in [1.54, 1.807) is 43.5 Å². The van der Waals surface area contributed by atoms with Gasteiger partial charge in [0, 0.05) is 17.8 Å². The summed E-state index contributed by atoms with van der Waals surface area (Å²) < 4.78 is 10.4. The fraction of sp³-hybridized carbons (Fsp3) is 0.280. The molecule has 2 amide bonds. The standard InChI is InChI=1S/C25H26N2O4/c1-30-21-14-10-18(11-15-21)22-6-3-2-4-16-27(22)25(29)19-8-12-20(13-9-19)26-24(28)23-7-5-17-31-23/h5,7-15,17,22H,2-4,6,16H2,1H3,(H,26,28)/t22-/m0/s1. The van der Waals surface area contributed by atoms with Crippen LogP contribution in [0.4, 0.5) is 5.69 Å². The second kappa shape index (κ2) is 9.51. The van der Waals surface area contributed by atoms with Gasteiger partial charge in [0.05, 0.1) is 19.4 Å². The maximum atomic E-state index is 13.4. The Morgan fingerprint density at radius 3 is 2.45 bits per heavy atom. The maximum Gasteiger partial charge on any atom is 0.291 e. The molecule has 2 aromatic carbocycles. The van der Waals surface area contributed by atoms with Crippen LogP contribution in [0.1, 0.15) is 58.2 Å². The van der Waals surface area contributed by atoms with E-state index >= 15 is 0 Å². The molecular weight excluding hydrogens is 392 g/mol. The zero-order valence-corrected chi connectivity index (χ0v) is 17.5. The van der Waals surface area contributed by atoms with Gasteiger partial charge >= 0.3 is 0 Å². The molecule has 1 aliphatic rings. The van der Waals surface area contributed by atoms with E-state index in [-0.39, 0.29) is 23.6 Å². The van der Waals surface area contributed by atoms with Crippen LogP contribution in [0.15, 0.2) is 71.3 Å². The van der Waals surface area contributed by atoms with E-state index in [1.807, 2.05) is 29.2 Å². The number of anilines is 1. The van der Waals surface area contributed by atoms with Gasteiger partial charge in [0.2, 0.25) is 0 Å². The fourth-order valence-corrected chi connectivity index (χ4v) is 3.99. The van der Waals surface area contributed by atoms with E-state index in [1.165, 1.54) is 6.26 Å². The first-order chi connectivity index (χ1) is 15.2. The number of likely N-dealkylation sites (tertiary alicyclic amines) is 1. The van der Waals surface area contributed by atoms with Gasteiger partial charge in [-0.05, 0) is 66.9 Å².